The molecule has 1 aliphatic rings. The summed E-state index contributed by atoms with van der Waals surface area (Å²) >= 11 is 0. The highest BCUT2D eigenvalue weighted by atomic mass is 19.1. The van der Waals surface area contributed by atoms with Crippen LogP contribution in [0.1, 0.15) is 18.4 Å². The molecule has 1 atom stereocenters. The number of piperidine rings is 1. The monoisotopic (exact) mass is 223 g/mol. The van der Waals surface area contributed by atoms with Crippen LogP contribution < -0.4 is 5.32 Å². The third-order valence-electron chi connectivity index (χ3n) is 2.88. The van der Waals surface area contributed by atoms with Crippen LogP contribution in [0.25, 0.3) is 0 Å². The molecule has 1 aromatic rings. The van der Waals surface area contributed by atoms with Crippen molar-refractivity contribution < 1.29 is 9.13 Å². The summed E-state index contributed by atoms with van der Waals surface area (Å²) in [6.07, 6.45) is 3.44. The van der Waals surface area contributed by atoms with Crippen molar-refractivity contribution in [1.82, 2.24) is 5.32 Å². The maximum absolute atomic E-state index is 12.9. The molecule has 16 heavy (non-hydrogen) atoms. The smallest absolute Gasteiger partial charge is 0.123 e. The van der Waals surface area contributed by atoms with Crippen molar-refractivity contribution in [3.63, 3.8) is 0 Å². The van der Waals surface area contributed by atoms with Gasteiger partial charge >= 0.3 is 0 Å². The summed E-state index contributed by atoms with van der Waals surface area (Å²) in [5.41, 5.74) is 1.00. The van der Waals surface area contributed by atoms with Crippen molar-refractivity contribution >= 4 is 0 Å². The van der Waals surface area contributed by atoms with Gasteiger partial charge in [-0.3, -0.25) is 0 Å². The van der Waals surface area contributed by atoms with Gasteiger partial charge in [-0.15, -0.1) is 0 Å². The summed E-state index contributed by atoms with van der Waals surface area (Å²) in [5, 5.41) is 3.31. The fourth-order valence-electron chi connectivity index (χ4n) is 2.00. The quantitative estimate of drug-likeness (QED) is 0.844. The van der Waals surface area contributed by atoms with E-state index in [1.807, 2.05) is 6.07 Å². The summed E-state index contributed by atoms with van der Waals surface area (Å²) in [5.74, 6) is -0.170. The van der Waals surface area contributed by atoms with E-state index in [-0.39, 0.29) is 5.82 Å². The van der Waals surface area contributed by atoms with E-state index in [1.165, 1.54) is 12.5 Å². The number of nitrogens with one attached hydrogen (secondary N) is 1. The number of ether oxygens (including phenoxy) is 1. The van der Waals surface area contributed by atoms with Crippen molar-refractivity contribution in [3.8, 4) is 0 Å². The molecule has 2 rings (SSSR count). The molecule has 0 amide bonds. The molecule has 1 saturated heterocycles. The molecule has 3 heteroatoms. The molecule has 0 bridgehead atoms. The molecule has 1 heterocycles. The van der Waals surface area contributed by atoms with Gasteiger partial charge in [0.2, 0.25) is 0 Å². The first-order chi connectivity index (χ1) is 7.84. The first kappa shape index (κ1) is 11.6. The fraction of sp³-hybridized carbons (Fsp3) is 0.538. The molecule has 0 aliphatic carbocycles. The maximum atomic E-state index is 12.9. The lowest BCUT2D eigenvalue weighted by Crippen LogP contribution is -2.35. The van der Waals surface area contributed by atoms with Gasteiger partial charge in [-0.05, 0) is 43.5 Å². The molecule has 0 spiro atoms. The van der Waals surface area contributed by atoms with E-state index in [0.29, 0.717) is 12.7 Å². The van der Waals surface area contributed by atoms with Crippen LogP contribution in [0, 0.1) is 5.82 Å². The van der Waals surface area contributed by atoms with Crippen LogP contribution in [-0.2, 0) is 11.2 Å². The van der Waals surface area contributed by atoms with Gasteiger partial charge in [0.25, 0.3) is 0 Å². The predicted octanol–water partition coefficient (Wildman–Crippen LogP) is 2.14. The molecular weight excluding hydrogens is 205 g/mol. The molecule has 1 aromatic carbocycles. The molecule has 1 unspecified atom stereocenters. The van der Waals surface area contributed by atoms with Crippen molar-refractivity contribution in [2.45, 2.75) is 25.4 Å². The Morgan fingerprint density at radius 3 is 3.12 bits per heavy atom. The van der Waals surface area contributed by atoms with Crippen LogP contribution in [0.2, 0.25) is 0 Å². The highest BCUT2D eigenvalue weighted by Crippen LogP contribution is 2.08. The van der Waals surface area contributed by atoms with Crippen molar-refractivity contribution in [2.24, 2.45) is 0 Å². The Labute approximate surface area is 95.8 Å². The van der Waals surface area contributed by atoms with Gasteiger partial charge in [-0.2, -0.15) is 0 Å². The van der Waals surface area contributed by atoms with Gasteiger partial charge in [0.15, 0.2) is 0 Å². The molecule has 0 saturated carbocycles. The van der Waals surface area contributed by atoms with Gasteiger partial charge in [-0.25, -0.2) is 4.39 Å². The molecule has 1 N–H and O–H groups in total. The van der Waals surface area contributed by atoms with E-state index < -0.39 is 0 Å². The average Bonchev–Trinajstić information content (AvgIpc) is 2.30. The largest absolute Gasteiger partial charge is 0.377 e. The molecule has 88 valence electrons. The standard InChI is InChI=1S/C13H18FNO/c14-12-4-1-3-11(9-12)6-8-16-13-5-2-7-15-10-13/h1,3-4,9,13,15H,2,5-8,10H2. The molecule has 0 radical (unpaired) electrons. The zero-order valence-corrected chi connectivity index (χ0v) is 9.42. The Morgan fingerprint density at radius 1 is 1.44 bits per heavy atom. The van der Waals surface area contributed by atoms with Crippen LogP contribution >= 0.6 is 0 Å². The van der Waals surface area contributed by atoms with E-state index >= 15 is 0 Å². The number of halogens is 1. The van der Waals surface area contributed by atoms with Crippen molar-refractivity contribution in [2.75, 3.05) is 19.7 Å². The number of hydrogen-bond acceptors (Lipinski definition) is 2. The Kier molecular flexibility index (Phi) is 4.31. The van der Waals surface area contributed by atoms with Crippen molar-refractivity contribution in [3.05, 3.63) is 35.6 Å². The Hall–Kier alpha value is -0.930. The van der Waals surface area contributed by atoms with Crippen LogP contribution in [0.4, 0.5) is 4.39 Å². The van der Waals surface area contributed by atoms with Crippen LogP contribution in [0.5, 0.6) is 0 Å². The van der Waals surface area contributed by atoms with Gasteiger partial charge in [0.1, 0.15) is 5.82 Å². The Balaban J connectivity index is 1.71. The SMILES string of the molecule is Fc1cccc(CCOC2CCCNC2)c1. The van der Waals surface area contributed by atoms with Gasteiger partial charge in [-0.1, -0.05) is 12.1 Å². The van der Waals surface area contributed by atoms with Gasteiger partial charge in [0.05, 0.1) is 12.7 Å². The molecular formula is C13H18FNO. The highest BCUT2D eigenvalue weighted by Gasteiger charge is 2.12. The third-order valence-corrected chi connectivity index (χ3v) is 2.88. The maximum Gasteiger partial charge on any atom is 0.123 e. The number of benzene rings is 1. The van der Waals surface area contributed by atoms with E-state index in [2.05, 4.69) is 5.32 Å². The minimum absolute atomic E-state index is 0.170. The highest BCUT2D eigenvalue weighted by molar-refractivity contribution is 5.16. The van der Waals surface area contributed by atoms with Crippen molar-refractivity contribution in [1.29, 1.82) is 0 Å². The second-order valence-corrected chi connectivity index (χ2v) is 4.22. The first-order valence-electron chi connectivity index (χ1n) is 5.91. The Morgan fingerprint density at radius 2 is 2.38 bits per heavy atom. The predicted molar refractivity (Wildman–Crippen MR) is 61.9 cm³/mol. The summed E-state index contributed by atoms with van der Waals surface area (Å²) in [4.78, 5) is 0. The van der Waals surface area contributed by atoms with E-state index in [1.54, 1.807) is 12.1 Å². The number of hydrogen-bond donors (Lipinski definition) is 1. The zero-order chi connectivity index (χ0) is 11.2. The van der Waals surface area contributed by atoms with Crippen LogP contribution in [0.15, 0.2) is 24.3 Å². The average molecular weight is 223 g/mol. The molecule has 2 nitrogen and oxygen atoms in total. The second-order valence-electron chi connectivity index (χ2n) is 4.22. The zero-order valence-electron chi connectivity index (χ0n) is 9.42. The second kappa shape index (κ2) is 5.97. The lowest BCUT2D eigenvalue weighted by atomic mass is 10.1. The molecule has 1 fully saturated rings. The molecule has 0 aromatic heterocycles. The van der Waals surface area contributed by atoms with E-state index in [4.69, 9.17) is 4.74 Å². The van der Waals surface area contributed by atoms with Crippen LogP contribution in [0.3, 0.4) is 0 Å². The summed E-state index contributed by atoms with van der Waals surface area (Å²) < 4.78 is 18.6. The lowest BCUT2D eigenvalue weighted by Gasteiger charge is -2.23. The third kappa shape index (κ3) is 3.58. The topological polar surface area (TPSA) is 21.3 Å². The summed E-state index contributed by atoms with van der Waals surface area (Å²) in [7, 11) is 0. The number of rotatable bonds is 4. The van der Waals surface area contributed by atoms with Crippen LogP contribution in [-0.4, -0.2) is 25.8 Å². The molecule has 1 aliphatic heterocycles. The summed E-state index contributed by atoms with van der Waals surface area (Å²) in [6, 6.07) is 6.72. The van der Waals surface area contributed by atoms with E-state index in [0.717, 1.165) is 31.5 Å². The fourth-order valence-corrected chi connectivity index (χ4v) is 2.00. The minimum atomic E-state index is -0.170. The normalized spacial score (nSPS) is 20.9. The van der Waals surface area contributed by atoms with Gasteiger partial charge in [0, 0.05) is 6.54 Å². The van der Waals surface area contributed by atoms with E-state index in [9.17, 15) is 4.39 Å². The first-order valence-corrected chi connectivity index (χ1v) is 5.91. The summed E-state index contributed by atoms with van der Waals surface area (Å²) in [6.45, 7) is 2.72. The minimum Gasteiger partial charge on any atom is -0.377 e. The van der Waals surface area contributed by atoms with Gasteiger partial charge < -0.3 is 10.1 Å². The Bertz CT molecular complexity index is 323. The lowest BCUT2D eigenvalue weighted by molar-refractivity contribution is 0.0390.